The average molecular weight is 321 g/mol. The topological polar surface area (TPSA) is 37.4 Å². The SMILES string of the molecule is CC(C)(C(=O)c1ccc(C(=O)c2ccccc2)cc1)N1CCCC1. The summed E-state index contributed by atoms with van der Waals surface area (Å²) in [6.45, 7) is 5.93. The highest BCUT2D eigenvalue weighted by atomic mass is 16.1. The van der Waals surface area contributed by atoms with Crippen LogP contribution in [0, 0.1) is 0 Å². The monoisotopic (exact) mass is 321 g/mol. The van der Waals surface area contributed by atoms with Gasteiger partial charge in [-0.3, -0.25) is 14.5 Å². The Labute approximate surface area is 143 Å². The second kappa shape index (κ2) is 6.70. The van der Waals surface area contributed by atoms with Gasteiger partial charge in [-0.15, -0.1) is 0 Å². The molecule has 0 atom stereocenters. The number of rotatable bonds is 5. The molecule has 0 aliphatic carbocycles. The number of likely N-dealkylation sites (tertiary alicyclic amines) is 1. The van der Waals surface area contributed by atoms with Gasteiger partial charge in [-0.2, -0.15) is 0 Å². The van der Waals surface area contributed by atoms with Crippen molar-refractivity contribution in [3.8, 4) is 0 Å². The minimum absolute atomic E-state index is 0.0200. The second-order valence-corrected chi connectivity index (χ2v) is 6.85. The number of hydrogen-bond acceptors (Lipinski definition) is 3. The van der Waals surface area contributed by atoms with Crippen LogP contribution in [0.4, 0.5) is 0 Å². The molecule has 24 heavy (non-hydrogen) atoms. The summed E-state index contributed by atoms with van der Waals surface area (Å²) in [5, 5.41) is 0. The standard InChI is InChI=1S/C21H23NO2/c1-21(2,22-14-6-7-15-22)20(24)18-12-10-17(11-13-18)19(23)16-8-4-3-5-9-16/h3-5,8-13H,6-7,14-15H2,1-2H3. The van der Waals surface area contributed by atoms with Crippen LogP contribution in [0.2, 0.25) is 0 Å². The fourth-order valence-electron chi connectivity index (χ4n) is 3.30. The molecular formula is C21H23NO2. The first-order valence-corrected chi connectivity index (χ1v) is 8.50. The molecule has 0 saturated carbocycles. The first kappa shape index (κ1) is 16.6. The van der Waals surface area contributed by atoms with Crippen molar-refractivity contribution in [2.75, 3.05) is 13.1 Å². The highest BCUT2D eigenvalue weighted by Gasteiger charge is 2.36. The molecule has 3 nitrogen and oxygen atoms in total. The number of carbonyl (C=O) groups is 2. The third-order valence-corrected chi connectivity index (χ3v) is 4.90. The van der Waals surface area contributed by atoms with Gasteiger partial charge in [0, 0.05) is 16.7 Å². The van der Waals surface area contributed by atoms with Gasteiger partial charge in [0.05, 0.1) is 5.54 Å². The molecule has 0 N–H and O–H groups in total. The van der Waals surface area contributed by atoms with Crippen molar-refractivity contribution in [1.82, 2.24) is 4.90 Å². The zero-order valence-electron chi connectivity index (χ0n) is 14.3. The summed E-state index contributed by atoms with van der Waals surface area (Å²) in [6, 6.07) is 16.3. The molecule has 124 valence electrons. The van der Waals surface area contributed by atoms with E-state index in [1.807, 2.05) is 32.0 Å². The third-order valence-electron chi connectivity index (χ3n) is 4.90. The molecule has 0 amide bonds. The Morgan fingerprint density at radius 2 is 1.29 bits per heavy atom. The minimum atomic E-state index is -0.499. The molecule has 0 spiro atoms. The van der Waals surface area contributed by atoms with Crippen LogP contribution >= 0.6 is 0 Å². The number of benzene rings is 2. The Hall–Kier alpha value is -2.26. The fourth-order valence-corrected chi connectivity index (χ4v) is 3.30. The van der Waals surface area contributed by atoms with Gasteiger partial charge >= 0.3 is 0 Å². The number of hydrogen-bond donors (Lipinski definition) is 0. The second-order valence-electron chi connectivity index (χ2n) is 6.85. The van der Waals surface area contributed by atoms with Crippen LogP contribution in [-0.2, 0) is 0 Å². The molecule has 0 radical (unpaired) electrons. The van der Waals surface area contributed by atoms with E-state index < -0.39 is 5.54 Å². The van der Waals surface area contributed by atoms with Crippen LogP contribution in [0.3, 0.4) is 0 Å². The molecule has 2 aromatic carbocycles. The van der Waals surface area contributed by atoms with Crippen LogP contribution < -0.4 is 0 Å². The molecule has 1 fully saturated rings. The van der Waals surface area contributed by atoms with Crippen molar-refractivity contribution in [2.24, 2.45) is 0 Å². The summed E-state index contributed by atoms with van der Waals surface area (Å²) in [4.78, 5) is 27.6. The van der Waals surface area contributed by atoms with E-state index in [0.29, 0.717) is 16.7 Å². The van der Waals surface area contributed by atoms with Crippen molar-refractivity contribution in [3.05, 3.63) is 71.3 Å². The Morgan fingerprint density at radius 3 is 1.88 bits per heavy atom. The molecule has 3 heteroatoms. The van der Waals surface area contributed by atoms with E-state index in [2.05, 4.69) is 4.90 Å². The number of nitrogens with zero attached hydrogens (tertiary/aromatic N) is 1. The molecule has 1 heterocycles. The van der Waals surface area contributed by atoms with Gasteiger partial charge in [-0.05, 0) is 39.8 Å². The van der Waals surface area contributed by atoms with Gasteiger partial charge < -0.3 is 0 Å². The normalized spacial score (nSPS) is 15.4. The summed E-state index contributed by atoms with van der Waals surface area (Å²) in [5.41, 5.74) is 1.43. The van der Waals surface area contributed by atoms with Crippen molar-refractivity contribution in [2.45, 2.75) is 32.2 Å². The Balaban J connectivity index is 1.79. The van der Waals surface area contributed by atoms with E-state index in [4.69, 9.17) is 0 Å². The highest BCUT2D eigenvalue weighted by Crippen LogP contribution is 2.25. The maximum atomic E-state index is 12.9. The zero-order chi connectivity index (χ0) is 17.2. The third kappa shape index (κ3) is 3.17. The molecule has 2 aromatic rings. The Kier molecular flexibility index (Phi) is 4.63. The molecule has 3 rings (SSSR count). The van der Waals surface area contributed by atoms with Gasteiger partial charge in [-0.25, -0.2) is 0 Å². The number of carbonyl (C=O) groups excluding carboxylic acids is 2. The van der Waals surface area contributed by atoms with Crippen LogP contribution in [0.5, 0.6) is 0 Å². The van der Waals surface area contributed by atoms with Gasteiger partial charge in [0.15, 0.2) is 11.6 Å². The van der Waals surface area contributed by atoms with Gasteiger partial charge in [-0.1, -0.05) is 54.6 Å². The quantitative estimate of drug-likeness (QED) is 0.782. The van der Waals surface area contributed by atoms with Crippen molar-refractivity contribution in [3.63, 3.8) is 0 Å². The predicted octanol–water partition coefficient (Wildman–Crippen LogP) is 3.97. The predicted molar refractivity (Wildman–Crippen MR) is 95.5 cm³/mol. The summed E-state index contributed by atoms with van der Waals surface area (Å²) in [6.07, 6.45) is 2.31. The molecule has 0 bridgehead atoms. The van der Waals surface area contributed by atoms with Crippen molar-refractivity contribution >= 4 is 11.6 Å². The van der Waals surface area contributed by atoms with Gasteiger partial charge in [0.2, 0.25) is 0 Å². The lowest BCUT2D eigenvalue weighted by Crippen LogP contribution is -2.48. The molecule has 1 aliphatic rings. The molecule has 1 aliphatic heterocycles. The summed E-state index contributed by atoms with van der Waals surface area (Å²) >= 11 is 0. The zero-order valence-corrected chi connectivity index (χ0v) is 14.3. The Morgan fingerprint density at radius 1 is 0.792 bits per heavy atom. The largest absolute Gasteiger partial charge is 0.292 e. The number of Topliss-reactive ketones (excluding diaryl/α,β-unsaturated/α-hetero) is 1. The van der Waals surface area contributed by atoms with E-state index in [0.717, 1.165) is 25.9 Å². The summed E-state index contributed by atoms with van der Waals surface area (Å²) in [5.74, 6) is 0.0940. The smallest absolute Gasteiger partial charge is 0.193 e. The van der Waals surface area contributed by atoms with E-state index in [9.17, 15) is 9.59 Å². The fraction of sp³-hybridized carbons (Fsp3) is 0.333. The lowest BCUT2D eigenvalue weighted by molar-refractivity contribution is 0.0702. The van der Waals surface area contributed by atoms with E-state index in [-0.39, 0.29) is 11.6 Å². The van der Waals surface area contributed by atoms with Crippen molar-refractivity contribution in [1.29, 1.82) is 0 Å². The lowest BCUT2D eigenvalue weighted by atomic mass is 9.90. The van der Waals surface area contributed by atoms with Crippen LogP contribution in [-0.4, -0.2) is 35.1 Å². The first-order chi connectivity index (χ1) is 11.5. The van der Waals surface area contributed by atoms with Crippen LogP contribution in [0.15, 0.2) is 54.6 Å². The molecular weight excluding hydrogens is 298 g/mol. The summed E-state index contributed by atoms with van der Waals surface area (Å²) < 4.78 is 0. The van der Waals surface area contributed by atoms with Crippen LogP contribution in [0.25, 0.3) is 0 Å². The van der Waals surface area contributed by atoms with E-state index in [1.54, 1.807) is 36.4 Å². The lowest BCUT2D eigenvalue weighted by Gasteiger charge is -2.33. The maximum Gasteiger partial charge on any atom is 0.193 e. The van der Waals surface area contributed by atoms with Crippen LogP contribution in [0.1, 0.15) is 53.0 Å². The van der Waals surface area contributed by atoms with Gasteiger partial charge in [0.25, 0.3) is 0 Å². The molecule has 0 unspecified atom stereocenters. The first-order valence-electron chi connectivity index (χ1n) is 8.50. The number of ketones is 2. The van der Waals surface area contributed by atoms with Crippen molar-refractivity contribution < 1.29 is 9.59 Å². The molecule has 0 aromatic heterocycles. The maximum absolute atomic E-state index is 12.9. The minimum Gasteiger partial charge on any atom is -0.292 e. The van der Waals surface area contributed by atoms with E-state index in [1.165, 1.54) is 0 Å². The molecule has 1 saturated heterocycles. The summed E-state index contributed by atoms with van der Waals surface area (Å²) in [7, 11) is 0. The Bertz CT molecular complexity index is 726. The highest BCUT2D eigenvalue weighted by molar-refractivity contribution is 6.10. The van der Waals surface area contributed by atoms with E-state index >= 15 is 0 Å². The van der Waals surface area contributed by atoms with Gasteiger partial charge in [0.1, 0.15) is 0 Å². The average Bonchev–Trinajstić information content (AvgIpc) is 3.17.